The number of alkyl carbamates (subject to hydrolysis) is 1. The lowest BCUT2D eigenvalue weighted by Gasteiger charge is -2.18. The topological polar surface area (TPSA) is 105 Å². The van der Waals surface area contributed by atoms with Gasteiger partial charge in [0.05, 0.1) is 0 Å². The van der Waals surface area contributed by atoms with Crippen molar-refractivity contribution in [3.8, 4) is 22.3 Å². The van der Waals surface area contributed by atoms with E-state index >= 15 is 0 Å². The van der Waals surface area contributed by atoms with Gasteiger partial charge in [0.2, 0.25) is 5.91 Å². The lowest BCUT2D eigenvalue weighted by atomic mass is 9.98. The van der Waals surface area contributed by atoms with Crippen LogP contribution in [0.4, 0.5) is 10.5 Å². The zero-order valence-electron chi connectivity index (χ0n) is 22.1. The van der Waals surface area contributed by atoms with Crippen LogP contribution >= 0.6 is 0 Å². The fraction of sp³-hybridized carbons (Fsp3) is 0.182. The summed E-state index contributed by atoms with van der Waals surface area (Å²) in [5.74, 6) is -1.71. The van der Waals surface area contributed by atoms with Crippen molar-refractivity contribution in [3.63, 3.8) is 0 Å². The number of hydrogen-bond acceptors (Lipinski definition) is 4. The van der Waals surface area contributed by atoms with E-state index in [1.165, 1.54) is 0 Å². The van der Waals surface area contributed by atoms with E-state index < -0.39 is 18.1 Å². The molecule has 4 aromatic rings. The molecule has 3 N–H and O–H groups in total. The Bertz CT molecular complexity index is 1500. The van der Waals surface area contributed by atoms with Crippen LogP contribution in [0.5, 0.6) is 0 Å². The van der Waals surface area contributed by atoms with E-state index in [-0.39, 0.29) is 31.3 Å². The summed E-state index contributed by atoms with van der Waals surface area (Å²) in [5.41, 5.74) is 7.94. The molecule has 0 fully saturated rings. The van der Waals surface area contributed by atoms with E-state index in [0.29, 0.717) is 5.69 Å². The SMILES string of the molecule is Cc1c(NC(=O)CC[C@H](NC(=O)OCC2c3ccccc3-c3ccccc32)C(=O)O)cccc1-c1ccccc1. The molecule has 4 aromatic carbocycles. The molecule has 0 radical (unpaired) electrons. The molecule has 7 nitrogen and oxygen atoms in total. The van der Waals surface area contributed by atoms with Gasteiger partial charge in [-0.25, -0.2) is 9.59 Å². The van der Waals surface area contributed by atoms with Gasteiger partial charge in [-0.1, -0.05) is 91.0 Å². The maximum Gasteiger partial charge on any atom is 0.407 e. The van der Waals surface area contributed by atoms with Gasteiger partial charge < -0.3 is 20.5 Å². The van der Waals surface area contributed by atoms with Crippen LogP contribution < -0.4 is 10.6 Å². The van der Waals surface area contributed by atoms with E-state index in [1.54, 1.807) is 0 Å². The van der Waals surface area contributed by atoms with Crippen LogP contribution in [0.25, 0.3) is 22.3 Å². The number of carbonyl (C=O) groups excluding carboxylic acids is 2. The van der Waals surface area contributed by atoms with Gasteiger partial charge in [0.15, 0.2) is 0 Å². The molecule has 0 aromatic heterocycles. The first kappa shape index (κ1) is 26.7. The summed E-state index contributed by atoms with van der Waals surface area (Å²) < 4.78 is 5.48. The van der Waals surface area contributed by atoms with E-state index in [0.717, 1.165) is 38.9 Å². The Kier molecular flexibility index (Phi) is 7.92. The van der Waals surface area contributed by atoms with Crippen molar-refractivity contribution >= 4 is 23.7 Å². The molecular weight excluding hydrogens is 504 g/mol. The molecule has 0 unspecified atom stereocenters. The van der Waals surface area contributed by atoms with Gasteiger partial charge in [-0.05, 0) is 58.4 Å². The van der Waals surface area contributed by atoms with E-state index in [9.17, 15) is 19.5 Å². The Balaban J connectivity index is 1.17. The maximum atomic E-state index is 12.7. The number of fused-ring (bicyclic) bond motifs is 3. The number of benzene rings is 4. The van der Waals surface area contributed by atoms with Gasteiger partial charge in [0.25, 0.3) is 0 Å². The van der Waals surface area contributed by atoms with Crippen LogP contribution in [0.3, 0.4) is 0 Å². The number of amides is 2. The van der Waals surface area contributed by atoms with E-state index in [4.69, 9.17) is 4.74 Å². The van der Waals surface area contributed by atoms with Crippen LogP contribution in [-0.4, -0.2) is 35.7 Å². The fourth-order valence-corrected chi connectivity index (χ4v) is 5.23. The molecule has 0 bridgehead atoms. The predicted molar refractivity (Wildman–Crippen MR) is 154 cm³/mol. The highest BCUT2D eigenvalue weighted by molar-refractivity contribution is 5.93. The minimum atomic E-state index is -1.27. The zero-order valence-corrected chi connectivity index (χ0v) is 22.1. The summed E-state index contributed by atoms with van der Waals surface area (Å²) in [6.07, 6.45) is -1.00. The monoisotopic (exact) mass is 534 g/mol. The standard InChI is InChI=1S/C33H30N2O5/c1-21-23(22-10-3-2-4-11-22)16-9-17-29(21)34-31(36)19-18-30(32(37)38)35-33(39)40-20-28-26-14-7-5-12-24(26)25-13-6-8-15-27(25)28/h2-17,28,30H,18-20H2,1H3,(H,34,36)(H,35,39)(H,37,38)/t30-/m0/s1. The fourth-order valence-electron chi connectivity index (χ4n) is 5.23. The highest BCUT2D eigenvalue weighted by Crippen LogP contribution is 2.44. The largest absolute Gasteiger partial charge is 0.480 e. The van der Waals surface area contributed by atoms with Crippen LogP contribution in [-0.2, 0) is 14.3 Å². The van der Waals surface area contributed by atoms with Crippen molar-refractivity contribution in [1.29, 1.82) is 0 Å². The predicted octanol–water partition coefficient (Wildman–Crippen LogP) is 6.37. The molecule has 0 aliphatic heterocycles. The smallest absolute Gasteiger partial charge is 0.407 e. The summed E-state index contributed by atoms with van der Waals surface area (Å²) in [4.78, 5) is 37.2. The third-order valence-corrected chi connectivity index (χ3v) is 7.29. The minimum Gasteiger partial charge on any atom is -0.480 e. The zero-order chi connectivity index (χ0) is 28.1. The first-order chi connectivity index (χ1) is 19.4. The lowest BCUT2D eigenvalue weighted by Crippen LogP contribution is -2.42. The number of carbonyl (C=O) groups is 3. The number of carboxylic acids is 1. The summed E-state index contributed by atoms with van der Waals surface area (Å²) in [5, 5.41) is 15.0. The van der Waals surface area contributed by atoms with Crippen molar-refractivity contribution in [2.45, 2.75) is 31.7 Å². The van der Waals surface area contributed by atoms with E-state index in [1.807, 2.05) is 104 Å². The molecule has 7 heteroatoms. The molecule has 40 heavy (non-hydrogen) atoms. The quantitative estimate of drug-likeness (QED) is 0.231. The van der Waals surface area contributed by atoms with Crippen LogP contribution in [0, 0.1) is 6.92 Å². The molecule has 0 saturated heterocycles. The molecule has 0 saturated carbocycles. The Morgan fingerprint density at radius 1 is 0.800 bits per heavy atom. The first-order valence-electron chi connectivity index (χ1n) is 13.2. The number of nitrogens with one attached hydrogen (secondary N) is 2. The number of rotatable bonds is 9. The number of anilines is 1. The Hall–Kier alpha value is -4.91. The maximum absolute atomic E-state index is 12.7. The van der Waals surface area contributed by atoms with Crippen molar-refractivity contribution < 1.29 is 24.2 Å². The lowest BCUT2D eigenvalue weighted by molar-refractivity contribution is -0.139. The van der Waals surface area contributed by atoms with Gasteiger partial charge in [-0.3, -0.25) is 4.79 Å². The molecule has 1 aliphatic rings. The molecule has 1 atom stereocenters. The number of ether oxygens (including phenoxy) is 1. The van der Waals surface area contributed by atoms with Crippen molar-refractivity contribution in [2.24, 2.45) is 0 Å². The first-order valence-corrected chi connectivity index (χ1v) is 13.2. The third-order valence-electron chi connectivity index (χ3n) is 7.29. The molecule has 0 spiro atoms. The van der Waals surface area contributed by atoms with Crippen molar-refractivity contribution in [3.05, 3.63) is 114 Å². The van der Waals surface area contributed by atoms with Crippen LogP contribution in [0.1, 0.15) is 35.4 Å². The number of carboxylic acid groups (broad SMARTS) is 1. The second-order valence-electron chi connectivity index (χ2n) is 9.79. The average Bonchev–Trinajstić information content (AvgIpc) is 3.29. The Morgan fingerprint density at radius 3 is 2.05 bits per heavy atom. The summed E-state index contributed by atoms with van der Waals surface area (Å²) in [7, 11) is 0. The van der Waals surface area contributed by atoms with Crippen LogP contribution in [0.2, 0.25) is 0 Å². The molecule has 202 valence electrons. The summed E-state index contributed by atoms with van der Waals surface area (Å²) in [6, 6.07) is 30.2. The molecule has 1 aliphatic carbocycles. The average molecular weight is 535 g/mol. The summed E-state index contributed by atoms with van der Waals surface area (Å²) >= 11 is 0. The highest BCUT2D eigenvalue weighted by atomic mass is 16.5. The molecule has 5 rings (SSSR count). The Labute approximate surface area is 232 Å². The highest BCUT2D eigenvalue weighted by Gasteiger charge is 2.30. The van der Waals surface area contributed by atoms with Gasteiger partial charge in [0, 0.05) is 18.0 Å². The Morgan fingerprint density at radius 2 is 1.40 bits per heavy atom. The normalized spacial score (nSPS) is 12.6. The minimum absolute atomic E-state index is 0.0731. The van der Waals surface area contributed by atoms with Gasteiger partial charge in [0.1, 0.15) is 12.6 Å². The molecular formula is C33H30N2O5. The van der Waals surface area contributed by atoms with Crippen molar-refractivity contribution in [1.82, 2.24) is 5.32 Å². The second kappa shape index (κ2) is 11.9. The summed E-state index contributed by atoms with van der Waals surface area (Å²) in [6.45, 7) is 2.00. The van der Waals surface area contributed by atoms with Gasteiger partial charge in [-0.15, -0.1) is 0 Å². The van der Waals surface area contributed by atoms with Crippen molar-refractivity contribution in [2.75, 3.05) is 11.9 Å². The van der Waals surface area contributed by atoms with E-state index in [2.05, 4.69) is 10.6 Å². The van der Waals surface area contributed by atoms with Crippen LogP contribution in [0.15, 0.2) is 97.1 Å². The number of aliphatic carboxylic acids is 1. The van der Waals surface area contributed by atoms with Gasteiger partial charge in [-0.2, -0.15) is 0 Å². The number of hydrogen-bond donors (Lipinski definition) is 3. The second-order valence-corrected chi connectivity index (χ2v) is 9.79. The van der Waals surface area contributed by atoms with Gasteiger partial charge >= 0.3 is 12.1 Å². The third kappa shape index (κ3) is 5.73. The molecule has 0 heterocycles. The molecule has 2 amide bonds.